The van der Waals surface area contributed by atoms with Crippen molar-refractivity contribution in [2.24, 2.45) is 0 Å². The Bertz CT molecular complexity index is 101. The maximum atomic E-state index is 5.43. The van der Waals surface area contributed by atoms with Gasteiger partial charge in [0, 0.05) is 0 Å². The van der Waals surface area contributed by atoms with E-state index >= 15 is 0 Å². The van der Waals surface area contributed by atoms with Crippen molar-refractivity contribution >= 4 is 15.4 Å². The van der Waals surface area contributed by atoms with Crippen molar-refractivity contribution in [1.82, 2.24) is 4.90 Å². The molecule has 2 N–H and O–H groups in total. The summed E-state index contributed by atoms with van der Waals surface area (Å²) in [6, 6.07) is 0. The van der Waals surface area contributed by atoms with Crippen LogP contribution in [0.25, 0.3) is 0 Å². The van der Waals surface area contributed by atoms with Crippen molar-refractivity contribution < 1.29 is 16.8 Å². The van der Waals surface area contributed by atoms with Crippen LogP contribution in [-0.4, -0.2) is 65.2 Å². The molecule has 0 unspecified atom stereocenters. The molecular weight excluding hydrogens is 223 g/mol. The largest absolute Gasteiger partial charge is 0.412 e. The number of nitrogens with zero attached hydrogens (tertiary/aromatic N) is 1. The Balaban J connectivity index is 0.000000720. The molecule has 0 atom stereocenters. The standard InChI is InChI=1S/C6H12GeNO3.H2O/c1-4-9-7-10-5-2-8(1)3-6-11-7;/h1-6H2;1H2. The normalized spacial score (nSPS) is 27.0. The van der Waals surface area contributed by atoms with E-state index in [0.717, 1.165) is 39.5 Å². The summed E-state index contributed by atoms with van der Waals surface area (Å²) >= 11 is -1.95. The van der Waals surface area contributed by atoms with Gasteiger partial charge in [0.25, 0.3) is 0 Å². The number of rotatable bonds is 0. The summed E-state index contributed by atoms with van der Waals surface area (Å²) < 4.78 is 16.3. The van der Waals surface area contributed by atoms with E-state index in [0.29, 0.717) is 0 Å². The van der Waals surface area contributed by atoms with Gasteiger partial charge in [0.2, 0.25) is 0 Å². The first-order valence-electron chi connectivity index (χ1n) is 3.93. The summed E-state index contributed by atoms with van der Waals surface area (Å²) in [4.78, 5) is 2.31. The topological polar surface area (TPSA) is 62.4 Å². The van der Waals surface area contributed by atoms with Gasteiger partial charge in [0.15, 0.2) is 0 Å². The Morgan fingerprint density at radius 1 is 0.833 bits per heavy atom. The van der Waals surface area contributed by atoms with Gasteiger partial charge >= 0.3 is 71.0 Å². The van der Waals surface area contributed by atoms with Gasteiger partial charge in [0.1, 0.15) is 0 Å². The van der Waals surface area contributed by atoms with E-state index in [1.807, 2.05) is 0 Å². The molecule has 0 aromatic rings. The van der Waals surface area contributed by atoms with Gasteiger partial charge in [-0.3, -0.25) is 0 Å². The minimum atomic E-state index is -1.95. The molecule has 3 rings (SSSR count). The third-order valence-electron chi connectivity index (χ3n) is 1.88. The molecular formula is C6H14GeNO4. The van der Waals surface area contributed by atoms with Crippen molar-refractivity contribution in [2.45, 2.75) is 0 Å². The molecule has 6 heteroatoms. The van der Waals surface area contributed by atoms with Gasteiger partial charge in [0.05, 0.1) is 0 Å². The first-order chi connectivity index (χ1) is 5.45. The third-order valence-corrected chi connectivity index (χ3v) is 4.65. The molecule has 3 aliphatic rings. The van der Waals surface area contributed by atoms with E-state index < -0.39 is 15.4 Å². The monoisotopic (exact) mass is 238 g/mol. The molecule has 0 saturated carbocycles. The van der Waals surface area contributed by atoms with Crippen LogP contribution in [0.3, 0.4) is 0 Å². The fourth-order valence-electron chi connectivity index (χ4n) is 1.23. The maximum absolute atomic E-state index is 5.43. The Hall–Kier alpha value is 0.343. The summed E-state index contributed by atoms with van der Waals surface area (Å²) in [6.45, 7) is 5.50. The molecule has 3 fully saturated rings. The van der Waals surface area contributed by atoms with Crippen LogP contribution in [0.15, 0.2) is 0 Å². The molecule has 12 heavy (non-hydrogen) atoms. The van der Waals surface area contributed by atoms with Crippen LogP contribution in [-0.2, 0) is 11.3 Å². The average Bonchev–Trinajstić information content (AvgIpc) is 1.80. The average molecular weight is 237 g/mol. The SMILES string of the molecule is C1CN2CC[O][Ge]([O]1)[O]CC2.O. The number of hydrogen-bond acceptors (Lipinski definition) is 4. The zero-order valence-electron chi connectivity index (χ0n) is 6.91. The van der Waals surface area contributed by atoms with Crippen LogP contribution in [0.1, 0.15) is 0 Å². The minimum absolute atomic E-state index is 0. The van der Waals surface area contributed by atoms with Gasteiger partial charge < -0.3 is 5.48 Å². The minimum Gasteiger partial charge on any atom is -0.412 e. The molecule has 71 valence electrons. The Morgan fingerprint density at radius 2 is 1.25 bits per heavy atom. The van der Waals surface area contributed by atoms with E-state index in [1.54, 1.807) is 0 Å². The zero-order chi connectivity index (χ0) is 7.52. The van der Waals surface area contributed by atoms with Crippen molar-refractivity contribution in [2.75, 3.05) is 39.5 Å². The molecule has 3 aliphatic heterocycles. The Labute approximate surface area is 77.0 Å². The molecule has 0 spiro atoms. The van der Waals surface area contributed by atoms with Crippen LogP contribution in [0.5, 0.6) is 0 Å². The van der Waals surface area contributed by atoms with Gasteiger partial charge in [-0.1, -0.05) is 0 Å². The fraction of sp³-hybridized carbons (Fsp3) is 1.00. The van der Waals surface area contributed by atoms with Crippen LogP contribution < -0.4 is 0 Å². The second kappa shape index (κ2) is 5.15. The number of fused-ring (bicyclic) bond motifs is 6. The van der Waals surface area contributed by atoms with Crippen molar-refractivity contribution in [3.8, 4) is 0 Å². The van der Waals surface area contributed by atoms with Crippen molar-refractivity contribution in [3.63, 3.8) is 0 Å². The predicted molar refractivity (Wildman–Crippen MR) is 43.7 cm³/mol. The van der Waals surface area contributed by atoms with Crippen molar-refractivity contribution in [1.29, 1.82) is 0 Å². The van der Waals surface area contributed by atoms with Gasteiger partial charge in [-0.05, 0) is 0 Å². The Morgan fingerprint density at radius 3 is 1.67 bits per heavy atom. The molecule has 0 aromatic carbocycles. The molecule has 5 nitrogen and oxygen atoms in total. The van der Waals surface area contributed by atoms with Gasteiger partial charge in [-0.15, -0.1) is 0 Å². The molecule has 3 heterocycles. The van der Waals surface area contributed by atoms with E-state index in [2.05, 4.69) is 4.90 Å². The van der Waals surface area contributed by atoms with E-state index in [9.17, 15) is 0 Å². The maximum Gasteiger partial charge on any atom is -0.412 e. The first kappa shape index (κ1) is 10.4. The van der Waals surface area contributed by atoms with Crippen LogP contribution >= 0.6 is 0 Å². The second-order valence-electron chi connectivity index (χ2n) is 2.64. The molecule has 0 aliphatic carbocycles. The zero-order valence-corrected chi connectivity index (χ0v) is 9.01. The summed E-state index contributed by atoms with van der Waals surface area (Å²) in [5.41, 5.74) is 0. The smallest absolute Gasteiger partial charge is 0.412 e. The number of hydrogen-bond donors (Lipinski definition) is 0. The van der Waals surface area contributed by atoms with E-state index in [-0.39, 0.29) is 5.48 Å². The molecule has 1 radical (unpaired) electrons. The van der Waals surface area contributed by atoms with Crippen LogP contribution in [0.2, 0.25) is 0 Å². The van der Waals surface area contributed by atoms with Crippen LogP contribution in [0.4, 0.5) is 0 Å². The van der Waals surface area contributed by atoms with E-state index in [1.165, 1.54) is 0 Å². The van der Waals surface area contributed by atoms with E-state index in [4.69, 9.17) is 11.3 Å². The third kappa shape index (κ3) is 2.68. The van der Waals surface area contributed by atoms with Gasteiger partial charge in [-0.2, -0.15) is 0 Å². The Kier molecular flexibility index (Phi) is 4.48. The summed E-state index contributed by atoms with van der Waals surface area (Å²) in [5, 5.41) is 0. The second-order valence-corrected chi connectivity index (χ2v) is 5.50. The first-order valence-corrected chi connectivity index (χ1v) is 6.50. The summed E-state index contributed by atoms with van der Waals surface area (Å²) in [6.07, 6.45) is 0. The fourth-order valence-corrected chi connectivity index (χ4v) is 3.38. The van der Waals surface area contributed by atoms with Crippen LogP contribution in [0, 0.1) is 0 Å². The quantitative estimate of drug-likeness (QED) is 0.482. The molecule has 3 saturated heterocycles. The van der Waals surface area contributed by atoms with Crippen molar-refractivity contribution in [3.05, 3.63) is 0 Å². The van der Waals surface area contributed by atoms with Gasteiger partial charge in [-0.25, -0.2) is 0 Å². The molecule has 0 aromatic heterocycles. The predicted octanol–water partition coefficient (Wildman–Crippen LogP) is -1.47. The summed E-state index contributed by atoms with van der Waals surface area (Å²) in [5.74, 6) is 0. The molecule has 0 amide bonds. The molecule has 2 bridgehead atoms. The summed E-state index contributed by atoms with van der Waals surface area (Å²) in [7, 11) is 0.